The number of rotatable bonds is 0. The van der Waals surface area contributed by atoms with Crippen LogP contribution in [0.25, 0.3) is 0 Å². The number of ketones is 1. The van der Waals surface area contributed by atoms with Gasteiger partial charge in [0.05, 0.1) is 11.5 Å². The average molecular weight is 165 g/mol. The van der Waals surface area contributed by atoms with Crippen LogP contribution in [0, 0.1) is 22.2 Å². The van der Waals surface area contributed by atoms with E-state index in [2.05, 4.69) is 19.9 Å². The minimum atomic E-state index is -0.418. The van der Waals surface area contributed by atoms with E-state index in [4.69, 9.17) is 5.26 Å². The van der Waals surface area contributed by atoms with Gasteiger partial charge < -0.3 is 0 Å². The Bertz CT molecular complexity index is 249. The van der Waals surface area contributed by atoms with Crippen LogP contribution >= 0.6 is 0 Å². The van der Waals surface area contributed by atoms with E-state index in [9.17, 15) is 4.79 Å². The van der Waals surface area contributed by atoms with Gasteiger partial charge in [-0.25, -0.2) is 0 Å². The standard InChI is InChI=1S/C10H15NO/c1-9(2)4-8(12)5-10(3,6-9)7-11/h4-6H2,1-3H3. The SMILES string of the molecule is CC1(C)CC(=O)CC(C)(C#N)C1. The third kappa shape index (κ3) is 1.85. The van der Waals surface area contributed by atoms with Gasteiger partial charge in [0.2, 0.25) is 0 Å². The third-order valence-electron chi connectivity index (χ3n) is 2.40. The molecular formula is C10H15NO. The molecule has 2 nitrogen and oxygen atoms in total. The van der Waals surface area contributed by atoms with Gasteiger partial charge in [-0.1, -0.05) is 13.8 Å². The molecule has 0 saturated heterocycles. The molecule has 66 valence electrons. The van der Waals surface area contributed by atoms with Crippen LogP contribution in [0.5, 0.6) is 0 Å². The van der Waals surface area contributed by atoms with Crippen LogP contribution in [0.4, 0.5) is 0 Å². The van der Waals surface area contributed by atoms with Crippen molar-refractivity contribution in [1.82, 2.24) is 0 Å². The first-order chi connectivity index (χ1) is 5.37. The Balaban J connectivity index is 2.86. The van der Waals surface area contributed by atoms with Gasteiger partial charge in [-0.3, -0.25) is 4.79 Å². The predicted octanol–water partition coefficient (Wildman–Crippen LogP) is 2.30. The summed E-state index contributed by atoms with van der Waals surface area (Å²) < 4.78 is 0. The van der Waals surface area contributed by atoms with Crippen molar-refractivity contribution in [2.75, 3.05) is 0 Å². The van der Waals surface area contributed by atoms with E-state index in [0.29, 0.717) is 12.8 Å². The molecule has 0 radical (unpaired) electrons. The Hall–Kier alpha value is -0.840. The summed E-state index contributed by atoms with van der Waals surface area (Å²) in [6, 6.07) is 2.25. The number of carbonyl (C=O) groups is 1. The number of nitrogens with zero attached hydrogens (tertiary/aromatic N) is 1. The predicted molar refractivity (Wildman–Crippen MR) is 46.4 cm³/mol. The topological polar surface area (TPSA) is 40.9 Å². The summed E-state index contributed by atoms with van der Waals surface area (Å²) in [6.45, 7) is 5.99. The molecule has 1 fully saturated rings. The molecule has 0 aromatic rings. The van der Waals surface area contributed by atoms with E-state index in [1.54, 1.807) is 0 Å². The van der Waals surface area contributed by atoms with E-state index in [1.165, 1.54) is 0 Å². The van der Waals surface area contributed by atoms with Gasteiger partial charge in [-0.15, -0.1) is 0 Å². The zero-order chi connectivity index (χ0) is 9.41. The van der Waals surface area contributed by atoms with Gasteiger partial charge in [0.1, 0.15) is 5.78 Å². The van der Waals surface area contributed by atoms with Crippen molar-refractivity contribution >= 4 is 5.78 Å². The Morgan fingerprint density at radius 2 is 1.92 bits per heavy atom. The Morgan fingerprint density at radius 1 is 1.33 bits per heavy atom. The summed E-state index contributed by atoms with van der Waals surface area (Å²) in [6.07, 6.45) is 1.90. The van der Waals surface area contributed by atoms with Crippen LogP contribution in [0.3, 0.4) is 0 Å². The summed E-state index contributed by atoms with van der Waals surface area (Å²) in [4.78, 5) is 11.3. The van der Waals surface area contributed by atoms with Crippen molar-refractivity contribution in [3.05, 3.63) is 0 Å². The molecule has 12 heavy (non-hydrogen) atoms. The zero-order valence-electron chi connectivity index (χ0n) is 7.98. The van der Waals surface area contributed by atoms with E-state index in [0.717, 1.165) is 6.42 Å². The molecule has 0 heterocycles. The second-order valence-electron chi connectivity index (χ2n) is 4.91. The molecule has 0 amide bonds. The molecule has 0 bridgehead atoms. The number of hydrogen-bond acceptors (Lipinski definition) is 2. The molecule has 0 N–H and O–H groups in total. The third-order valence-corrected chi connectivity index (χ3v) is 2.40. The second kappa shape index (κ2) is 2.58. The minimum Gasteiger partial charge on any atom is -0.300 e. The van der Waals surface area contributed by atoms with Crippen LogP contribution in [-0.2, 0) is 4.79 Å². The fraction of sp³-hybridized carbons (Fsp3) is 0.800. The zero-order valence-corrected chi connectivity index (χ0v) is 7.98. The fourth-order valence-corrected chi connectivity index (χ4v) is 2.29. The lowest BCUT2D eigenvalue weighted by Crippen LogP contribution is -2.34. The summed E-state index contributed by atoms with van der Waals surface area (Å²) in [5, 5.41) is 8.90. The first kappa shape index (κ1) is 9.25. The van der Waals surface area contributed by atoms with E-state index in [-0.39, 0.29) is 11.2 Å². The minimum absolute atomic E-state index is 0.0137. The number of hydrogen-bond donors (Lipinski definition) is 0. The van der Waals surface area contributed by atoms with Crippen LogP contribution < -0.4 is 0 Å². The second-order valence-corrected chi connectivity index (χ2v) is 4.91. The normalized spacial score (nSPS) is 34.3. The van der Waals surface area contributed by atoms with Crippen molar-refractivity contribution < 1.29 is 4.79 Å². The van der Waals surface area contributed by atoms with Crippen molar-refractivity contribution in [3.63, 3.8) is 0 Å². The van der Waals surface area contributed by atoms with Gasteiger partial charge in [-0.2, -0.15) is 5.26 Å². The highest BCUT2D eigenvalue weighted by atomic mass is 16.1. The van der Waals surface area contributed by atoms with Crippen molar-refractivity contribution in [3.8, 4) is 6.07 Å². The van der Waals surface area contributed by atoms with Gasteiger partial charge in [0.25, 0.3) is 0 Å². The van der Waals surface area contributed by atoms with E-state index in [1.807, 2.05) is 6.92 Å². The highest BCUT2D eigenvalue weighted by Gasteiger charge is 2.40. The maximum atomic E-state index is 11.3. The first-order valence-electron chi connectivity index (χ1n) is 4.30. The largest absolute Gasteiger partial charge is 0.300 e. The average Bonchev–Trinajstić information content (AvgIpc) is 1.82. The Kier molecular flexibility index (Phi) is 1.99. The van der Waals surface area contributed by atoms with Gasteiger partial charge in [0, 0.05) is 12.8 Å². The fourth-order valence-electron chi connectivity index (χ4n) is 2.29. The smallest absolute Gasteiger partial charge is 0.135 e. The van der Waals surface area contributed by atoms with Gasteiger partial charge >= 0.3 is 0 Å². The summed E-state index contributed by atoms with van der Waals surface area (Å²) in [5.41, 5.74) is -0.404. The summed E-state index contributed by atoms with van der Waals surface area (Å²) in [7, 11) is 0. The molecule has 1 atom stereocenters. The van der Waals surface area contributed by atoms with Crippen molar-refractivity contribution in [2.24, 2.45) is 10.8 Å². The van der Waals surface area contributed by atoms with Crippen LogP contribution in [-0.4, -0.2) is 5.78 Å². The molecule has 0 spiro atoms. The number of carbonyl (C=O) groups excluding carboxylic acids is 1. The van der Waals surface area contributed by atoms with Crippen LogP contribution in [0.1, 0.15) is 40.0 Å². The molecule has 0 aliphatic heterocycles. The first-order valence-corrected chi connectivity index (χ1v) is 4.30. The Labute approximate surface area is 73.6 Å². The molecule has 2 heteroatoms. The van der Waals surface area contributed by atoms with Crippen molar-refractivity contribution in [2.45, 2.75) is 40.0 Å². The summed E-state index contributed by atoms with van der Waals surface area (Å²) in [5.74, 6) is 0.232. The number of nitriles is 1. The number of Topliss-reactive ketones (excluding diaryl/α,β-unsaturated/α-hetero) is 1. The van der Waals surface area contributed by atoms with Gasteiger partial charge in [0.15, 0.2) is 0 Å². The molecule has 0 aromatic carbocycles. The highest BCUT2D eigenvalue weighted by molar-refractivity contribution is 5.81. The molecular weight excluding hydrogens is 150 g/mol. The van der Waals surface area contributed by atoms with Crippen molar-refractivity contribution in [1.29, 1.82) is 5.26 Å². The van der Waals surface area contributed by atoms with Crippen LogP contribution in [0.2, 0.25) is 0 Å². The quantitative estimate of drug-likeness (QED) is 0.552. The molecule has 1 aliphatic carbocycles. The molecule has 1 unspecified atom stereocenters. The van der Waals surface area contributed by atoms with Gasteiger partial charge in [-0.05, 0) is 18.8 Å². The maximum Gasteiger partial charge on any atom is 0.135 e. The molecule has 1 rings (SSSR count). The molecule has 1 saturated carbocycles. The lowest BCUT2D eigenvalue weighted by atomic mass is 9.65. The maximum absolute atomic E-state index is 11.3. The monoisotopic (exact) mass is 165 g/mol. The Morgan fingerprint density at radius 3 is 2.33 bits per heavy atom. The molecule has 0 aromatic heterocycles. The lowest BCUT2D eigenvalue weighted by molar-refractivity contribution is -0.126. The summed E-state index contributed by atoms with van der Waals surface area (Å²) >= 11 is 0. The molecule has 1 aliphatic rings. The van der Waals surface area contributed by atoms with E-state index >= 15 is 0 Å². The van der Waals surface area contributed by atoms with Crippen LogP contribution in [0.15, 0.2) is 0 Å². The highest BCUT2D eigenvalue weighted by Crippen LogP contribution is 2.43. The van der Waals surface area contributed by atoms with E-state index < -0.39 is 5.41 Å². The lowest BCUT2D eigenvalue weighted by Gasteiger charge is -2.37.